The number of fused-ring (bicyclic) bond motifs is 1. The first-order valence-corrected chi connectivity index (χ1v) is 5.75. The van der Waals surface area contributed by atoms with Crippen molar-refractivity contribution in [2.24, 2.45) is 5.92 Å². The number of para-hydroxylation sites is 1. The highest BCUT2D eigenvalue weighted by Gasteiger charge is 2.18. The fourth-order valence-electron chi connectivity index (χ4n) is 1.81. The summed E-state index contributed by atoms with van der Waals surface area (Å²) in [6, 6.07) is 11.3. The molecule has 2 rings (SSSR count). The molecule has 1 heterocycles. The van der Waals surface area contributed by atoms with E-state index in [0.717, 1.165) is 5.39 Å². The number of hydrogen-bond donors (Lipinski definition) is 0. The van der Waals surface area contributed by atoms with Gasteiger partial charge in [-0.3, -0.25) is 4.79 Å². The van der Waals surface area contributed by atoms with Gasteiger partial charge in [0.05, 0.1) is 12.0 Å². The third-order valence-corrected chi connectivity index (χ3v) is 2.75. The Bertz CT molecular complexity index is 577. The van der Waals surface area contributed by atoms with Crippen LogP contribution in [0.5, 0.6) is 0 Å². The van der Waals surface area contributed by atoms with Crippen molar-refractivity contribution in [1.82, 2.24) is 4.90 Å². The predicted octanol–water partition coefficient (Wildman–Crippen LogP) is 2.66. The molecule has 4 heteroatoms. The lowest BCUT2D eigenvalue weighted by Gasteiger charge is -2.16. The van der Waals surface area contributed by atoms with Crippen LogP contribution in [-0.2, 0) is 0 Å². The van der Waals surface area contributed by atoms with Crippen LogP contribution >= 0.6 is 0 Å². The molecule has 1 amide bonds. The first-order valence-electron chi connectivity index (χ1n) is 5.75. The molecular formula is C14H14N2O2. The highest BCUT2D eigenvalue weighted by Crippen LogP contribution is 2.19. The van der Waals surface area contributed by atoms with Crippen LogP contribution in [0, 0.1) is 17.2 Å². The van der Waals surface area contributed by atoms with Crippen molar-refractivity contribution < 1.29 is 9.21 Å². The Morgan fingerprint density at radius 3 is 2.89 bits per heavy atom. The minimum atomic E-state index is -0.201. The molecule has 0 spiro atoms. The zero-order valence-electron chi connectivity index (χ0n) is 10.4. The van der Waals surface area contributed by atoms with Crippen LogP contribution in [-0.4, -0.2) is 24.4 Å². The minimum absolute atomic E-state index is 0.191. The summed E-state index contributed by atoms with van der Waals surface area (Å²) < 4.78 is 5.49. The van der Waals surface area contributed by atoms with Crippen molar-refractivity contribution in [2.75, 3.05) is 13.6 Å². The van der Waals surface area contributed by atoms with Crippen LogP contribution in [0.25, 0.3) is 11.0 Å². The fraction of sp³-hybridized carbons (Fsp3) is 0.286. The predicted molar refractivity (Wildman–Crippen MR) is 68.0 cm³/mol. The van der Waals surface area contributed by atoms with Gasteiger partial charge in [0, 0.05) is 19.0 Å². The molecule has 0 aliphatic carbocycles. The number of carbonyl (C=O) groups is 1. The van der Waals surface area contributed by atoms with Gasteiger partial charge in [-0.15, -0.1) is 0 Å². The lowest BCUT2D eigenvalue weighted by Crippen LogP contribution is -2.30. The Balaban J connectivity index is 2.20. The van der Waals surface area contributed by atoms with Crippen LogP contribution in [0.3, 0.4) is 0 Å². The second-order valence-electron chi connectivity index (χ2n) is 4.36. The van der Waals surface area contributed by atoms with E-state index in [0.29, 0.717) is 17.9 Å². The molecule has 1 aromatic carbocycles. The van der Waals surface area contributed by atoms with Gasteiger partial charge in [-0.25, -0.2) is 0 Å². The third kappa shape index (κ3) is 2.35. The van der Waals surface area contributed by atoms with E-state index in [9.17, 15) is 4.79 Å². The van der Waals surface area contributed by atoms with E-state index in [4.69, 9.17) is 9.68 Å². The standard InChI is InChI=1S/C14H14N2O2/c1-10(8-15)9-16(2)14(17)13-7-11-5-3-4-6-12(11)18-13/h3-7,10H,9H2,1-2H3. The summed E-state index contributed by atoms with van der Waals surface area (Å²) in [6.07, 6.45) is 0. The molecule has 0 bridgehead atoms. The van der Waals surface area contributed by atoms with Crippen molar-refractivity contribution in [3.63, 3.8) is 0 Å². The molecule has 0 fully saturated rings. The van der Waals surface area contributed by atoms with Crippen LogP contribution in [0.4, 0.5) is 0 Å². The summed E-state index contributed by atoms with van der Waals surface area (Å²) in [4.78, 5) is 13.6. The lowest BCUT2D eigenvalue weighted by atomic mass is 10.2. The van der Waals surface area contributed by atoms with Gasteiger partial charge in [0.2, 0.25) is 0 Å². The lowest BCUT2D eigenvalue weighted by molar-refractivity contribution is 0.0756. The molecule has 0 aliphatic heterocycles. The average molecular weight is 242 g/mol. The normalized spacial score (nSPS) is 12.1. The zero-order valence-corrected chi connectivity index (χ0v) is 10.4. The fourth-order valence-corrected chi connectivity index (χ4v) is 1.81. The third-order valence-electron chi connectivity index (χ3n) is 2.75. The average Bonchev–Trinajstić information content (AvgIpc) is 2.81. The van der Waals surface area contributed by atoms with Crippen LogP contribution in [0.2, 0.25) is 0 Å². The van der Waals surface area contributed by atoms with Crippen molar-refractivity contribution >= 4 is 16.9 Å². The van der Waals surface area contributed by atoms with Gasteiger partial charge in [0.15, 0.2) is 5.76 Å². The molecule has 2 aromatic rings. The summed E-state index contributed by atoms with van der Waals surface area (Å²) in [5.74, 6) is -0.0829. The number of amides is 1. The summed E-state index contributed by atoms with van der Waals surface area (Å²) in [5, 5.41) is 9.64. The van der Waals surface area contributed by atoms with E-state index in [-0.39, 0.29) is 11.8 Å². The van der Waals surface area contributed by atoms with E-state index in [1.165, 1.54) is 4.90 Å². The maximum atomic E-state index is 12.1. The van der Waals surface area contributed by atoms with Gasteiger partial charge in [-0.05, 0) is 19.1 Å². The molecular weight excluding hydrogens is 228 g/mol. The first-order chi connectivity index (χ1) is 8.61. The molecule has 0 radical (unpaired) electrons. The quantitative estimate of drug-likeness (QED) is 0.831. The molecule has 0 saturated carbocycles. The van der Waals surface area contributed by atoms with Gasteiger partial charge < -0.3 is 9.32 Å². The minimum Gasteiger partial charge on any atom is -0.451 e. The Hall–Kier alpha value is -2.28. The largest absolute Gasteiger partial charge is 0.451 e. The van der Waals surface area contributed by atoms with E-state index in [1.54, 1.807) is 20.0 Å². The van der Waals surface area contributed by atoms with Crippen LogP contribution in [0.15, 0.2) is 34.7 Å². The molecule has 0 saturated heterocycles. The number of furan rings is 1. The number of benzene rings is 1. The SMILES string of the molecule is CC(C#N)CN(C)C(=O)c1cc2ccccc2o1. The summed E-state index contributed by atoms with van der Waals surface area (Å²) in [6.45, 7) is 2.18. The van der Waals surface area contributed by atoms with Gasteiger partial charge in [-0.2, -0.15) is 5.26 Å². The Morgan fingerprint density at radius 2 is 2.22 bits per heavy atom. The van der Waals surface area contributed by atoms with E-state index in [1.807, 2.05) is 24.3 Å². The molecule has 1 atom stereocenters. The molecule has 4 nitrogen and oxygen atoms in total. The second kappa shape index (κ2) is 4.92. The van der Waals surface area contributed by atoms with Crippen molar-refractivity contribution in [1.29, 1.82) is 5.26 Å². The second-order valence-corrected chi connectivity index (χ2v) is 4.36. The number of carbonyl (C=O) groups excluding carboxylic acids is 1. The van der Waals surface area contributed by atoms with Gasteiger partial charge in [0.1, 0.15) is 5.58 Å². The van der Waals surface area contributed by atoms with Crippen LogP contribution < -0.4 is 0 Å². The molecule has 0 N–H and O–H groups in total. The first kappa shape index (κ1) is 12.2. The smallest absolute Gasteiger partial charge is 0.289 e. The maximum absolute atomic E-state index is 12.1. The zero-order chi connectivity index (χ0) is 13.1. The molecule has 1 unspecified atom stereocenters. The number of nitriles is 1. The van der Waals surface area contributed by atoms with Crippen LogP contribution in [0.1, 0.15) is 17.5 Å². The van der Waals surface area contributed by atoms with Crippen molar-refractivity contribution in [3.05, 3.63) is 36.1 Å². The molecule has 18 heavy (non-hydrogen) atoms. The molecule has 0 aliphatic rings. The maximum Gasteiger partial charge on any atom is 0.289 e. The van der Waals surface area contributed by atoms with E-state index < -0.39 is 0 Å². The Labute approximate surface area is 105 Å². The van der Waals surface area contributed by atoms with Crippen molar-refractivity contribution in [2.45, 2.75) is 6.92 Å². The Morgan fingerprint density at radius 1 is 1.50 bits per heavy atom. The number of hydrogen-bond acceptors (Lipinski definition) is 3. The van der Waals surface area contributed by atoms with E-state index >= 15 is 0 Å². The number of nitrogens with zero attached hydrogens (tertiary/aromatic N) is 2. The van der Waals surface area contributed by atoms with Crippen molar-refractivity contribution in [3.8, 4) is 6.07 Å². The molecule has 1 aromatic heterocycles. The monoisotopic (exact) mass is 242 g/mol. The Kier molecular flexibility index (Phi) is 3.33. The summed E-state index contributed by atoms with van der Waals surface area (Å²) in [5.41, 5.74) is 0.697. The summed E-state index contributed by atoms with van der Waals surface area (Å²) >= 11 is 0. The highest BCUT2D eigenvalue weighted by atomic mass is 16.3. The van der Waals surface area contributed by atoms with Gasteiger partial charge in [0.25, 0.3) is 5.91 Å². The topological polar surface area (TPSA) is 57.2 Å². The van der Waals surface area contributed by atoms with Gasteiger partial charge in [-0.1, -0.05) is 18.2 Å². The highest BCUT2D eigenvalue weighted by molar-refractivity contribution is 5.95. The van der Waals surface area contributed by atoms with E-state index in [2.05, 4.69) is 6.07 Å². The van der Waals surface area contributed by atoms with Gasteiger partial charge >= 0.3 is 0 Å². The summed E-state index contributed by atoms with van der Waals surface area (Å²) in [7, 11) is 1.67. The molecule has 92 valence electrons. The number of rotatable bonds is 3.